The molecule has 3 aromatic rings. The molecule has 8 heteroatoms. The molecule has 2 fully saturated rings. The Morgan fingerprint density at radius 2 is 1.76 bits per heavy atom. The molecule has 3 heterocycles. The van der Waals surface area contributed by atoms with E-state index >= 15 is 0 Å². The summed E-state index contributed by atoms with van der Waals surface area (Å²) in [4.78, 5) is 16.7. The van der Waals surface area contributed by atoms with Crippen molar-refractivity contribution in [2.75, 3.05) is 0 Å². The molecule has 0 bridgehead atoms. The number of rotatable bonds is 3. The molecule has 1 saturated heterocycles. The first-order chi connectivity index (χ1) is 16.3. The highest BCUT2D eigenvalue weighted by Gasteiger charge is 2.38. The highest BCUT2D eigenvalue weighted by molar-refractivity contribution is 5.84. The number of hydrogen-bond donors (Lipinski definition) is 1. The minimum Gasteiger partial charge on any atom is -0.361 e. The molecule has 5 rings (SSSR count). The molecule has 1 atom stereocenters. The van der Waals surface area contributed by atoms with Gasteiger partial charge in [-0.2, -0.15) is 0 Å². The van der Waals surface area contributed by atoms with Gasteiger partial charge in [0.05, 0.1) is 22.8 Å². The number of carbonyl (C=O) groups excluding carboxylic acids is 1. The lowest BCUT2D eigenvalue weighted by atomic mass is 9.91. The van der Waals surface area contributed by atoms with E-state index in [4.69, 9.17) is 9.51 Å². The van der Waals surface area contributed by atoms with Gasteiger partial charge in [-0.15, -0.1) is 0 Å². The van der Waals surface area contributed by atoms with Crippen molar-refractivity contribution in [2.45, 2.75) is 98.1 Å². The Labute approximate surface area is 200 Å². The van der Waals surface area contributed by atoms with Crippen LogP contribution in [0.2, 0.25) is 0 Å². The smallest absolute Gasteiger partial charge is 0.248 e. The molecule has 2 aromatic heterocycles. The summed E-state index contributed by atoms with van der Waals surface area (Å²) in [5.41, 5.74) is 4.42. The van der Waals surface area contributed by atoms with Gasteiger partial charge >= 0.3 is 0 Å². The number of nitrogens with one attached hydrogen (secondary N) is 1. The normalized spacial score (nSPS) is 19.8. The largest absolute Gasteiger partial charge is 0.361 e. The zero-order valence-corrected chi connectivity index (χ0v) is 21.0. The van der Waals surface area contributed by atoms with Gasteiger partial charge in [0.25, 0.3) is 0 Å². The summed E-state index contributed by atoms with van der Waals surface area (Å²) in [5.74, 6) is -1.08. The fourth-order valence-corrected chi connectivity index (χ4v) is 4.89. The van der Waals surface area contributed by atoms with Gasteiger partial charge in [-0.1, -0.05) is 38.9 Å². The second-order valence-electron chi connectivity index (χ2n) is 8.49. The molecular weight excluding hydrogens is 438 g/mol. The van der Waals surface area contributed by atoms with Gasteiger partial charge in [-0.05, 0) is 50.8 Å². The van der Waals surface area contributed by atoms with Crippen LogP contribution in [0.1, 0.15) is 95.6 Å². The van der Waals surface area contributed by atoms with E-state index in [1.54, 1.807) is 0 Å². The number of benzene rings is 1. The van der Waals surface area contributed by atoms with Crippen molar-refractivity contribution in [1.82, 2.24) is 20.0 Å². The van der Waals surface area contributed by atoms with E-state index in [0.29, 0.717) is 25.7 Å². The van der Waals surface area contributed by atoms with Crippen LogP contribution in [0.25, 0.3) is 22.2 Å². The Morgan fingerprint density at radius 1 is 1.09 bits per heavy atom. The van der Waals surface area contributed by atoms with Crippen LogP contribution in [0.5, 0.6) is 0 Å². The molecule has 1 aliphatic carbocycles. The van der Waals surface area contributed by atoms with Crippen LogP contribution >= 0.6 is 0 Å². The van der Waals surface area contributed by atoms with E-state index in [2.05, 4.69) is 15.0 Å². The van der Waals surface area contributed by atoms with Crippen molar-refractivity contribution in [3.63, 3.8) is 0 Å². The SMILES string of the molecule is CC.CC.Cc1noc(C)c1-c1ccc2c(c1)nc([C@@H]1CCC(=O)N1)n2C1CCC(F)(F)CC1. The van der Waals surface area contributed by atoms with Crippen molar-refractivity contribution >= 4 is 16.9 Å². The standard InChI is InChI=1S/C22H24F2N4O2.2C2H6/c1-12-20(13(2)30-27-12)14-3-5-18-17(11-14)26-21(16-4-6-19(29)25-16)28(18)15-7-9-22(23,24)10-8-15;2*1-2/h3,5,11,15-16H,4,6-10H2,1-2H3,(H,25,29);2*1-2H3/t16-;;/m0../s1. The van der Waals surface area contributed by atoms with E-state index in [9.17, 15) is 13.6 Å². The molecular formula is C26H36F2N4O2. The van der Waals surface area contributed by atoms with Crippen molar-refractivity contribution < 1.29 is 18.1 Å². The van der Waals surface area contributed by atoms with E-state index in [0.717, 1.165) is 39.4 Å². The first kappa shape index (κ1) is 25.8. The molecule has 0 spiro atoms. The molecule has 186 valence electrons. The van der Waals surface area contributed by atoms with Crippen LogP contribution in [0.3, 0.4) is 0 Å². The Morgan fingerprint density at radius 3 is 2.32 bits per heavy atom. The van der Waals surface area contributed by atoms with Crippen LogP contribution in [-0.2, 0) is 4.79 Å². The first-order valence-electron chi connectivity index (χ1n) is 12.4. The summed E-state index contributed by atoms with van der Waals surface area (Å²) in [6.07, 6.45) is 1.69. The van der Waals surface area contributed by atoms with E-state index < -0.39 is 5.92 Å². The summed E-state index contributed by atoms with van der Waals surface area (Å²) in [5, 5.41) is 7.03. The number of aryl methyl sites for hydroxylation is 2. The quantitative estimate of drug-likeness (QED) is 0.441. The zero-order valence-electron chi connectivity index (χ0n) is 21.0. The Hall–Kier alpha value is -2.77. The van der Waals surface area contributed by atoms with Gasteiger partial charge in [-0.25, -0.2) is 13.8 Å². The number of alkyl halides is 2. The lowest BCUT2D eigenvalue weighted by Crippen LogP contribution is -2.29. The number of halogens is 2. The number of hydrogen-bond acceptors (Lipinski definition) is 4. The van der Waals surface area contributed by atoms with Crippen LogP contribution < -0.4 is 5.32 Å². The predicted octanol–water partition coefficient (Wildman–Crippen LogP) is 7.06. The van der Waals surface area contributed by atoms with Gasteiger partial charge in [-0.3, -0.25) is 4.79 Å². The van der Waals surface area contributed by atoms with Gasteiger partial charge in [0.1, 0.15) is 11.6 Å². The number of aromatic nitrogens is 3. The third-order valence-electron chi connectivity index (χ3n) is 6.40. The summed E-state index contributed by atoms with van der Waals surface area (Å²) in [6, 6.07) is 5.76. The van der Waals surface area contributed by atoms with Crippen molar-refractivity contribution in [3.8, 4) is 11.1 Å². The molecule has 34 heavy (non-hydrogen) atoms. The van der Waals surface area contributed by atoms with E-state index in [1.807, 2.05) is 59.7 Å². The summed E-state index contributed by atoms with van der Waals surface area (Å²) < 4.78 is 34.9. The van der Waals surface area contributed by atoms with E-state index in [-0.39, 0.29) is 30.8 Å². The third-order valence-corrected chi connectivity index (χ3v) is 6.40. The zero-order chi connectivity index (χ0) is 25.0. The molecule has 1 saturated carbocycles. The van der Waals surface area contributed by atoms with Gasteiger partial charge in [0, 0.05) is 30.9 Å². The summed E-state index contributed by atoms with van der Waals surface area (Å²) in [6.45, 7) is 11.8. The van der Waals surface area contributed by atoms with Crippen LogP contribution in [0.15, 0.2) is 22.7 Å². The number of nitrogens with zero attached hydrogens (tertiary/aromatic N) is 3. The van der Waals surface area contributed by atoms with Gasteiger partial charge in [0.15, 0.2) is 0 Å². The molecule has 2 aliphatic rings. The average molecular weight is 475 g/mol. The highest BCUT2D eigenvalue weighted by Crippen LogP contribution is 2.42. The number of carbonyl (C=O) groups is 1. The first-order valence-corrected chi connectivity index (χ1v) is 12.4. The average Bonchev–Trinajstić information content (AvgIpc) is 3.53. The number of fused-ring (bicyclic) bond motifs is 1. The Balaban J connectivity index is 0.000000771. The Bertz CT molecular complexity index is 1110. The summed E-state index contributed by atoms with van der Waals surface area (Å²) in [7, 11) is 0. The lowest BCUT2D eigenvalue weighted by Gasteiger charge is -2.31. The molecule has 1 amide bonds. The topological polar surface area (TPSA) is 72.9 Å². The van der Waals surface area contributed by atoms with Gasteiger partial charge < -0.3 is 14.4 Å². The molecule has 1 N–H and O–H groups in total. The predicted molar refractivity (Wildman–Crippen MR) is 130 cm³/mol. The highest BCUT2D eigenvalue weighted by atomic mass is 19.3. The maximum Gasteiger partial charge on any atom is 0.248 e. The van der Waals surface area contributed by atoms with Crippen LogP contribution in [0.4, 0.5) is 8.78 Å². The monoisotopic (exact) mass is 474 g/mol. The molecule has 0 radical (unpaired) electrons. The fourth-order valence-electron chi connectivity index (χ4n) is 4.89. The van der Waals surface area contributed by atoms with Crippen LogP contribution in [0, 0.1) is 13.8 Å². The minimum absolute atomic E-state index is 0.00481. The fraction of sp³-hybridized carbons (Fsp3) is 0.577. The minimum atomic E-state index is -2.59. The lowest BCUT2D eigenvalue weighted by molar-refractivity contribution is -0.119. The number of amides is 1. The molecule has 1 aromatic carbocycles. The van der Waals surface area contributed by atoms with Crippen LogP contribution in [-0.4, -0.2) is 26.5 Å². The number of imidazole rings is 1. The van der Waals surface area contributed by atoms with Crippen molar-refractivity contribution in [1.29, 1.82) is 0 Å². The molecule has 6 nitrogen and oxygen atoms in total. The summed E-state index contributed by atoms with van der Waals surface area (Å²) >= 11 is 0. The van der Waals surface area contributed by atoms with Crippen molar-refractivity contribution in [2.24, 2.45) is 0 Å². The molecule has 1 aliphatic heterocycles. The van der Waals surface area contributed by atoms with E-state index in [1.165, 1.54) is 0 Å². The molecule has 0 unspecified atom stereocenters. The van der Waals surface area contributed by atoms with Gasteiger partial charge in [0.2, 0.25) is 11.8 Å². The Kier molecular flexibility index (Phi) is 8.10. The maximum absolute atomic E-state index is 13.8. The third kappa shape index (κ3) is 5.00. The second-order valence-corrected chi connectivity index (χ2v) is 8.49. The van der Waals surface area contributed by atoms with Crippen molar-refractivity contribution in [3.05, 3.63) is 35.5 Å². The maximum atomic E-state index is 13.8. The second kappa shape index (κ2) is 10.7.